The number of nitrogens with one attached hydrogen (secondary N) is 2. The quantitative estimate of drug-likeness (QED) is 0.487. The van der Waals surface area contributed by atoms with E-state index in [9.17, 15) is 0 Å². The van der Waals surface area contributed by atoms with E-state index in [1.165, 1.54) is 25.7 Å². The molecule has 6 heteroatoms. The standard InChI is InChI=1S/C17H26N6/c1-2-18-17(20-14-8-3-4-9-14)19-12-7-11-16-22-21-15-10-5-6-13-23(15)16/h5-6,10,13-14H,2-4,7-9,11-12H2,1H3,(H2,18,19,20). The molecule has 0 aromatic carbocycles. The molecule has 3 rings (SSSR count). The van der Waals surface area contributed by atoms with Crippen LogP contribution in [0.2, 0.25) is 0 Å². The average molecular weight is 314 g/mol. The van der Waals surface area contributed by atoms with Crippen molar-refractivity contribution in [1.29, 1.82) is 0 Å². The Morgan fingerprint density at radius 3 is 3.00 bits per heavy atom. The van der Waals surface area contributed by atoms with E-state index in [2.05, 4.69) is 27.8 Å². The van der Waals surface area contributed by atoms with Gasteiger partial charge in [-0.3, -0.25) is 9.39 Å². The highest BCUT2D eigenvalue weighted by atomic mass is 15.2. The normalized spacial score (nSPS) is 16.1. The van der Waals surface area contributed by atoms with Gasteiger partial charge in [0.15, 0.2) is 11.6 Å². The third-order valence-corrected chi connectivity index (χ3v) is 4.25. The van der Waals surface area contributed by atoms with Crippen molar-refractivity contribution in [3.63, 3.8) is 0 Å². The Kier molecular flexibility index (Phi) is 5.45. The first-order chi connectivity index (χ1) is 11.4. The molecule has 0 unspecified atom stereocenters. The van der Waals surface area contributed by atoms with E-state index < -0.39 is 0 Å². The molecule has 2 heterocycles. The molecule has 0 atom stereocenters. The molecular weight excluding hydrogens is 288 g/mol. The summed E-state index contributed by atoms with van der Waals surface area (Å²) >= 11 is 0. The molecule has 0 amide bonds. The van der Waals surface area contributed by atoms with Crippen LogP contribution in [-0.2, 0) is 6.42 Å². The van der Waals surface area contributed by atoms with Crippen LogP contribution in [0.3, 0.4) is 0 Å². The van der Waals surface area contributed by atoms with Crippen LogP contribution in [0.4, 0.5) is 0 Å². The molecule has 1 aliphatic rings. The number of guanidine groups is 1. The predicted molar refractivity (Wildman–Crippen MR) is 92.7 cm³/mol. The molecule has 6 nitrogen and oxygen atoms in total. The fourth-order valence-corrected chi connectivity index (χ4v) is 3.07. The highest BCUT2D eigenvalue weighted by Crippen LogP contribution is 2.17. The van der Waals surface area contributed by atoms with Crippen molar-refractivity contribution >= 4 is 11.6 Å². The molecule has 1 fully saturated rings. The van der Waals surface area contributed by atoms with E-state index in [0.29, 0.717) is 6.04 Å². The zero-order valence-corrected chi connectivity index (χ0v) is 13.8. The maximum Gasteiger partial charge on any atom is 0.191 e. The van der Waals surface area contributed by atoms with Gasteiger partial charge >= 0.3 is 0 Å². The SMILES string of the molecule is CCNC(=NCCCc1nnc2ccccn12)NC1CCCC1. The van der Waals surface area contributed by atoms with Crippen molar-refractivity contribution in [3.05, 3.63) is 30.2 Å². The molecule has 23 heavy (non-hydrogen) atoms. The number of aromatic nitrogens is 3. The van der Waals surface area contributed by atoms with E-state index in [0.717, 1.165) is 43.4 Å². The lowest BCUT2D eigenvalue weighted by Crippen LogP contribution is -2.42. The lowest BCUT2D eigenvalue weighted by Gasteiger charge is -2.16. The smallest absolute Gasteiger partial charge is 0.191 e. The van der Waals surface area contributed by atoms with Gasteiger partial charge in [0, 0.05) is 31.7 Å². The zero-order chi connectivity index (χ0) is 15.9. The van der Waals surface area contributed by atoms with Gasteiger partial charge in [-0.1, -0.05) is 18.9 Å². The zero-order valence-electron chi connectivity index (χ0n) is 13.8. The van der Waals surface area contributed by atoms with Crippen molar-refractivity contribution in [1.82, 2.24) is 25.2 Å². The Balaban J connectivity index is 1.51. The van der Waals surface area contributed by atoms with Gasteiger partial charge < -0.3 is 10.6 Å². The van der Waals surface area contributed by atoms with Crippen molar-refractivity contribution in [2.75, 3.05) is 13.1 Å². The number of fused-ring (bicyclic) bond motifs is 1. The topological polar surface area (TPSA) is 66.6 Å². The van der Waals surface area contributed by atoms with Crippen molar-refractivity contribution in [3.8, 4) is 0 Å². The third kappa shape index (κ3) is 4.21. The Labute approximate surface area is 137 Å². The Morgan fingerprint density at radius 1 is 1.30 bits per heavy atom. The van der Waals surface area contributed by atoms with Gasteiger partial charge in [-0.25, -0.2) is 0 Å². The van der Waals surface area contributed by atoms with E-state index in [1.54, 1.807) is 0 Å². The average Bonchev–Trinajstić information content (AvgIpc) is 3.21. The number of hydrogen-bond donors (Lipinski definition) is 2. The highest BCUT2D eigenvalue weighted by Gasteiger charge is 2.15. The molecule has 1 saturated carbocycles. The van der Waals surface area contributed by atoms with Gasteiger partial charge in [-0.05, 0) is 38.3 Å². The highest BCUT2D eigenvalue weighted by molar-refractivity contribution is 5.80. The van der Waals surface area contributed by atoms with E-state index in [4.69, 9.17) is 4.99 Å². The van der Waals surface area contributed by atoms with Gasteiger partial charge in [-0.2, -0.15) is 0 Å². The lowest BCUT2D eigenvalue weighted by molar-refractivity contribution is 0.612. The summed E-state index contributed by atoms with van der Waals surface area (Å²) in [6, 6.07) is 6.55. The Bertz CT molecular complexity index is 641. The van der Waals surface area contributed by atoms with Gasteiger partial charge in [0.05, 0.1) is 0 Å². The fraction of sp³-hybridized carbons (Fsp3) is 0.588. The molecule has 0 radical (unpaired) electrons. The Hall–Kier alpha value is -2.11. The van der Waals surface area contributed by atoms with E-state index >= 15 is 0 Å². The number of rotatable bonds is 6. The molecular formula is C17H26N6. The van der Waals surface area contributed by atoms with Crippen molar-refractivity contribution in [2.24, 2.45) is 4.99 Å². The molecule has 124 valence electrons. The molecule has 0 aliphatic heterocycles. The molecule has 1 aliphatic carbocycles. The predicted octanol–water partition coefficient (Wildman–Crippen LogP) is 2.16. The number of hydrogen-bond acceptors (Lipinski definition) is 3. The van der Waals surface area contributed by atoms with Crippen molar-refractivity contribution < 1.29 is 0 Å². The summed E-state index contributed by atoms with van der Waals surface area (Å²) < 4.78 is 2.05. The summed E-state index contributed by atoms with van der Waals surface area (Å²) in [6.07, 6.45) is 9.05. The molecule has 2 N–H and O–H groups in total. The molecule has 0 saturated heterocycles. The summed E-state index contributed by atoms with van der Waals surface area (Å²) in [7, 11) is 0. The number of pyridine rings is 1. The van der Waals surface area contributed by atoms with Gasteiger partial charge in [0.2, 0.25) is 0 Å². The first kappa shape index (κ1) is 15.8. The van der Waals surface area contributed by atoms with Crippen molar-refractivity contribution in [2.45, 2.75) is 51.5 Å². The first-order valence-corrected chi connectivity index (χ1v) is 8.70. The maximum absolute atomic E-state index is 4.69. The Morgan fingerprint density at radius 2 is 2.17 bits per heavy atom. The second-order valence-electron chi connectivity index (χ2n) is 6.03. The van der Waals surface area contributed by atoms with Crippen LogP contribution in [0.5, 0.6) is 0 Å². The summed E-state index contributed by atoms with van der Waals surface area (Å²) in [5.41, 5.74) is 0.905. The van der Waals surface area contributed by atoms with Crippen LogP contribution < -0.4 is 10.6 Å². The summed E-state index contributed by atoms with van der Waals surface area (Å²) in [4.78, 5) is 4.69. The fourth-order valence-electron chi connectivity index (χ4n) is 3.07. The van der Waals surface area contributed by atoms with Crippen LogP contribution in [-0.4, -0.2) is 39.7 Å². The minimum atomic E-state index is 0.591. The third-order valence-electron chi connectivity index (χ3n) is 4.25. The molecule has 2 aromatic heterocycles. The van der Waals surface area contributed by atoms with E-state index in [1.807, 2.05) is 28.8 Å². The second kappa shape index (κ2) is 7.94. The van der Waals surface area contributed by atoms with Crippen LogP contribution in [0.25, 0.3) is 5.65 Å². The summed E-state index contributed by atoms with van der Waals surface area (Å²) in [6.45, 7) is 3.80. The summed E-state index contributed by atoms with van der Waals surface area (Å²) in [5, 5.41) is 15.3. The van der Waals surface area contributed by atoms with Gasteiger partial charge in [0.25, 0.3) is 0 Å². The van der Waals surface area contributed by atoms with Crippen LogP contribution >= 0.6 is 0 Å². The number of aryl methyl sites for hydroxylation is 1. The van der Waals surface area contributed by atoms with Crippen LogP contribution in [0, 0.1) is 0 Å². The number of nitrogens with zero attached hydrogens (tertiary/aromatic N) is 4. The maximum atomic E-state index is 4.69. The summed E-state index contributed by atoms with van der Waals surface area (Å²) in [5.74, 6) is 1.95. The van der Waals surface area contributed by atoms with Crippen LogP contribution in [0.1, 0.15) is 44.9 Å². The molecule has 2 aromatic rings. The molecule has 0 spiro atoms. The second-order valence-corrected chi connectivity index (χ2v) is 6.03. The van der Waals surface area contributed by atoms with Gasteiger partial charge in [0.1, 0.15) is 5.82 Å². The first-order valence-electron chi connectivity index (χ1n) is 8.70. The minimum absolute atomic E-state index is 0.591. The van der Waals surface area contributed by atoms with E-state index in [-0.39, 0.29) is 0 Å². The van der Waals surface area contributed by atoms with Crippen LogP contribution in [0.15, 0.2) is 29.4 Å². The largest absolute Gasteiger partial charge is 0.357 e. The minimum Gasteiger partial charge on any atom is -0.357 e. The number of aliphatic imine (C=N–C) groups is 1. The van der Waals surface area contributed by atoms with Gasteiger partial charge in [-0.15, -0.1) is 10.2 Å². The lowest BCUT2D eigenvalue weighted by atomic mass is 10.2. The monoisotopic (exact) mass is 314 g/mol. The molecule has 0 bridgehead atoms.